The highest BCUT2D eigenvalue weighted by molar-refractivity contribution is 6.16. The number of rotatable bonds is 5. The normalized spacial score (nSPS) is 17.7. The Balaban J connectivity index is 1.34. The van der Waals surface area contributed by atoms with Gasteiger partial charge in [-0.25, -0.2) is 9.98 Å². The van der Waals surface area contributed by atoms with E-state index < -0.39 is 0 Å². The van der Waals surface area contributed by atoms with E-state index in [-0.39, 0.29) is 23.6 Å². The minimum atomic E-state index is -0.173. The molecule has 2 aliphatic heterocycles. The standard InChI is InChI=1S/C38H28N2O4/c41-35-29(37-39-31(21-43-37)23-11-3-1-4-12-23)19-25-15-7-9-17-27(25)33(35)34-28-18-10-8-16-26(28)20-30(36(34)42)38-40-32(22-44-38)24-13-5-2-6-14-24/h1-20,31-32,41-42H,21-22H2/t31-,32-/m1/s1. The van der Waals surface area contributed by atoms with Crippen LogP contribution in [0.4, 0.5) is 0 Å². The van der Waals surface area contributed by atoms with Crippen LogP contribution in [0.3, 0.4) is 0 Å². The molecule has 0 bridgehead atoms. The van der Waals surface area contributed by atoms with Crippen LogP contribution in [0.1, 0.15) is 34.3 Å². The number of benzene rings is 6. The van der Waals surface area contributed by atoms with Gasteiger partial charge in [0.1, 0.15) is 36.8 Å². The molecule has 2 atom stereocenters. The minimum Gasteiger partial charge on any atom is -0.506 e. The summed E-state index contributed by atoms with van der Waals surface area (Å²) in [6, 6.07) is 39.1. The number of hydrogen-bond acceptors (Lipinski definition) is 6. The molecule has 2 N–H and O–H groups in total. The predicted molar refractivity (Wildman–Crippen MR) is 174 cm³/mol. The third-order valence-corrected chi connectivity index (χ3v) is 8.43. The van der Waals surface area contributed by atoms with E-state index >= 15 is 0 Å². The zero-order valence-electron chi connectivity index (χ0n) is 23.7. The largest absolute Gasteiger partial charge is 0.506 e. The van der Waals surface area contributed by atoms with Crippen molar-refractivity contribution in [1.82, 2.24) is 0 Å². The highest BCUT2D eigenvalue weighted by Crippen LogP contribution is 2.48. The molecule has 0 aromatic heterocycles. The first-order valence-electron chi connectivity index (χ1n) is 14.7. The molecule has 6 nitrogen and oxygen atoms in total. The molecule has 8 rings (SSSR count). The molecule has 0 radical (unpaired) electrons. The Morgan fingerprint density at radius 3 is 1.32 bits per heavy atom. The van der Waals surface area contributed by atoms with Crippen LogP contribution in [0.15, 0.2) is 131 Å². The molecule has 0 fully saturated rings. The zero-order chi connectivity index (χ0) is 29.6. The Morgan fingerprint density at radius 1 is 0.500 bits per heavy atom. The monoisotopic (exact) mass is 576 g/mol. The van der Waals surface area contributed by atoms with E-state index in [9.17, 15) is 10.2 Å². The average Bonchev–Trinajstić information content (AvgIpc) is 3.77. The molecule has 2 aliphatic rings. The molecule has 0 saturated carbocycles. The van der Waals surface area contributed by atoms with Crippen LogP contribution in [-0.4, -0.2) is 35.2 Å². The number of phenols is 2. The number of phenolic OH excluding ortho intramolecular Hbond substituents is 2. The van der Waals surface area contributed by atoms with Gasteiger partial charge in [0.05, 0.1) is 11.1 Å². The summed E-state index contributed by atoms with van der Waals surface area (Å²) in [7, 11) is 0. The molecule has 0 aliphatic carbocycles. The second-order valence-electron chi connectivity index (χ2n) is 11.1. The molecule has 6 heteroatoms. The lowest BCUT2D eigenvalue weighted by Crippen LogP contribution is -2.05. The number of nitrogens with zero attached hydrogens (tertiary/aromatic N) is 2. The molecular formula is C38H28N2O4. The van der Waals surface area contributed by atoms with Crippen LogP contribution in [0.2, 0.25) is 0 Å². The van der Waals surface area contributed by atoms with Crippen molar-refractivity contribution < 1.29 is 19.7 Å². The highest BCUT2D eigenvalue weighted by Gasteiger charge is 2.30. The van der Waals surface area contributed by atoms with Gasteiger partial charge in [-0.2, -0.15) is 0 Å². The van der Waals surface area contributed by atoms with Crippen LogP contribution >= 0.6 is 0 Å². The van der Waals surface area contributed by atoms with Gasteiger partial charge in [0.25, 0.3) is 0 Å². The second-order valence-corrected chi connectivity index (χ2v) is 11.1. The van der Waals surface area contributed by atoms with Crippen molar-refractivity contribution in [2.45, 2.75) is 12.1 Å². The Kier molecular flexibility index (Phi) is 6.26. The van der Waals surface area contributed by atoms with E-state index in [1.54, 1.807) is 0 Å². The van der Waals surface area contributed by atoms with Gasteiger partial charge in [0.15, 0.2) is 0 Å². The summed E-state index contributed by atoms with van der Waals surface area (Å²) in [4.78, 5) is 9.73. The van der Waals surface area contributed by atoms with E-state index in [0.29, 0.717) is 47.3 Å². The summed E-state index contributed by atoms with van der Waals surface area (Å²) in [5.41, 5.74) is 4.05. The maximum absolute atomic E-state index is 12.1. The summed E-state index contributed by atoms with van der Waals surface area (Å²) in [6.45, 7) is 0.759. The quantitative estimate of drug-likeness (QED) is 0.217. The number of fused-ring (bicyclic) bond motifs is 2. The van der Waals surface area contributed by atoms with Crippen LogP contribution in [0.25, 0.3) is 32.7 Å². The fraction of sp³-hybridized carbons (Fsp3) is 0.105. The third-order valence-electron chi connectivity index (χ3n) is 8.43. The van der Waals surface area contributed by atoms with E-state index in [1.807, 2.05) is 121 Å². The van der Waals surface area contributed by atoms with Crippen molar-refractivity contribution in [2.75, 3.05) is 13.2 Å². The molecule has 6 aromatic rings. The first kappa shape index (κ1) is 26.0. The van der Waals surface area contributed by atoms with Crippen LogP contribution < -0.4 is 0 Å². The fourth-order valence-electron chi connectivity index (χ4n) is 6.24. The SMILES string of the molecule is Oc1c(C2=N[C@@H](c3ccccc3)CO2)cc2ccccc2c1-c1c(O)c(C2=N[C@@H](c3ccccc3)CO2)cc2ccccc12. The molecule has 0 amide bonds. The summed E-state index contributed by atoms with van der Waals surface area (Å²) in [6.07, 6.45) is 0. The second kappa shape index (κ2) is 10.6. The summed E-state index contributed by atoms with van der Waals surface area (Å²) >= 11 is 0. The van der Waals surface area contributed by atoms with Crippen LogP contribution in [0, 0.1) is 0 Å². The molecule has 2 heterocycles. The van der Waals surface area contributed by atoms with E-state index in [0.717, 1.165) is 32.7 Å². The number of hydrogen-bond donors (Lipinski definition) is 2. The van der Waals surface area contributed by atoms with Gasteiger partial charge in [0.2, 0.25) is 11.8 Å². The van der Waals surface area contributed by atoms with Crippen molar-refractivity contribution in [2.24, 2.45) is 9.98 Å². The van der Waals surface area contributed by atoms with Gasteiger partial charge < -0.3 is 19.7 Å². The van der Waals surface area contributed by atoms with Gasteiger partial charge in [-0.15, -0.1) is 0 Å². The summed E-state index contributed by atoms with van der Waals surface area (Å²) in [5.74, 6) is 0.727. The predicted octanol–water partition coefficient (Wildman–Crippen LogP) is 8.11. The number of ether oxygens (including phenoxy) is 2. The zero-order valence-corrected chi connectivity index (χ0v) is 23.7. The van der Waals surface area contributed by atoms with E-state index in [2.05, 4.69) is 0 Å². The molecule has 0 saturated heterocycles. The van der Waals surface area contributed by atoms with E-state index in [4.69, 9.17) is 19.5 Å². The Bertz CT molecular complexity index is 1950. The smallest absolute Gasteiger partial charge is 0.220 e. The van der Waals surface area contributed by atoms with Crippen molar-refractivity contribution in [1.29, 1.82) is 0 Å². The molecular weight excluding hydrogens is 548 g/mol. The third kappa shape index (κ3) is 4.34. The lowest BCUT2D eigenvalue weighted by Gasteiger charge is -2.18. The van der Waals surface area contributed by atoms with Crippen molar-refractivity contribution in [3.63, 3.8) is 0 Å². The minimum absolute atomic E-state index is 0.00907. The Labute approximate surface area is 254 Å². The first-order chi connectivity index (χ1) is 21.7. The van der Waals surface area contributed by atoms with Gasteiger partial charge in [0, 0.05) is 11.1 Å². The lowest BCUT2D eigenvalue weighted by molar-refractivity contribution is 0.318. The highest BCUT2D eigenvalue weighted by atomic mass is 16.5. The van der Waals surface area contributed by atoms with Gasteiger partial charge in [-0.05, 0) is 44.8 Å². The maximum atomic E-state index is 12.1. The molecule has 0 unspecified atom stereocenters. The molecule has 44 heavy (non-hydrogen) atoms. The van der Waals surface area contributed by atoms with Crippen molar-refractivity contribution in [3.8, 4) is 22.6 Å². The maximum Gasteiger partial charge on any atom is 0.220 e. The number of aliphatic imine (C=N–C) groups is 2. The fourth-order valence-corrected chi connectivity index (χ4v) is 6.24. The lowest BCUT2D eigenvalue weighted by atomic mass is 9.88. The Hall–Kier alpha value is -5.62. The topological polar surface area (TPSA) is 83.6 Å². The summed E-state index contributed by atoms with van der Waals surface area (Å²) < 4.78 is 12.2. The molecule has 214 valence electrons. The summed E-state index contributed by atoms with van der Waals surface area (Å²) in [5, 5.41) is 27.5. The van der Waals surface area contributed by atoms with Gasteiger partial charge in [-0.3, -0.25) is 0 Å². The Morgan fingerprint density at radius 2 is 0.886 bits per heavy atom. The van der Waals surface area contributed by atoms with Gasteiger partial charge >= 0.3 is 0 Å². The first-order valence-corrected chi connectivity index (χ1v) is 14.7. The molecule has 0 spiro atoms. The average molecular weight is 577 g/mol. The molecule has 6 aromatic carbocycles. The van der Waals surface area contributed by atoms with Gasteiger partial charge in [-0.1, -0.05) is 109 Å². The van der Waals surface area contributed by atoms with Crippen LogP contribution in [-0.2, 0) is 9.47 Å². The van der Waals surface area contributed by atoms with Crippen LogP contribution in [0.5, 0.6) is 11.5 Å². The number of aromatic hydroxyl groups is 2. The van der Waals surface area contributed by atoms with Crippen molar-refractivity contribution >= 4 is 33.3 Å². The van der Waals surface area contributed by atoms with E-state index in [1.165, 1.54) is 0 Å². The van der Waals surface area contributed by atoms with Crippen molar-refractivity contribution in [3.05, 3.63) is 144 Å².